The molecular formula is C47H27N5S. The van der Waals surface area contributed by atoms with E-state index in [1.54, 1.807) is 0 Å². The van der Waals surface area contributed by atoms with Gasteiger partial charge >= 0.3 is 0 Å². The Morgan fingerprint density at radius 3 is 1.98 bits per heavy atom. The zero-order valence-electron chi connectivity index (χ0n) is 28.2. The number of hydrogen-bond donors (Lipinski definition) is 0. The first-order chi connectivity index (χ1) is 26.3. The lowest BCUT2D eigenvalue weighted by Crippen LogP contribution is -2.10. The SMILES string of the molecule is c1ccc2c(c1)Sc1cccc3c4c5ccccc5n(-c5nc(-c6ccc7ccc8ccccc8c7c6)nc(-c6cccc7ccccc67)n5)c4n-2c13. The van der Waals surface area contributed by atoms with Crippen LogP contribution in [-0.2, 0) is 0 Å². The van der Waals surface area contributed by atoms with Crippen molar-refractivity contribution in [3.8, 4) is 34.4 Å². The molecule has 12 rings (SSSR count). The Balaban J connectivity index is 1.22. The van der Waals surface area contributed by atoms with E-state index in [9.17, 15) is 0 Å². The monoisotopic (exact) mass is 693 g/mol. The van der Waals surface area contributed by atoms with Crippen LogP contribution in [0.2, 0.25) is 0 Å². The summed E-state index contributed by atoms with van der Waals surface area (Å²) < 4.78 is 4.69. The highest BCUT2D eigenvalue weighted by atomic mass is 32.2. The van der Waals surface area contributed by atoms with Crippen molar-refractivity contribution in [1.29, 1.82) is 0 Å². The Hall–Kier alpha value is -6.76. The summed E-state index contributed by atoms with van der Waals surface area (Å²) in [4.78, 5) is 18.5. The van der Waals surface area contributed by atoms with Gasteiger partial charge in [-0.3, -0.25) is 9.13 Å². The molecule has 3 aromatic heterocycles. The second-order valence-electron chi connectivity index (χ2n) is 13.6. The van der Waals surface area contributed by atoms with Crippen LogP contribution < -0.4 is 0 Å². The molecule has 8 aromatic carbocycles. The second kappa shape index (κ2) is 10.9. The average Bonchev–Trinajstić information content (AvgIpc) is 3.74. The van der Waals surface area contributed by atoms with Gasteiger partial charge in [0, 0.05) is 37.1 Å². The van der Waals surface area contributed by atoms with E-state index in [-0.39, 0.29) is 0 Å². The molecule has 0 saturated heterocycles. The van der Waals surface area contributed by atoms with Gasteiger partial charge in [-0.15, -0.1) is 0 Å². The summed E-state index contributed by atoms with van der Waals surface area (Å²) in [6.45, 7) is 0. The molecule has 6 heteroatoms. The van der Waals surface area contributed by atoms with Crippen molar-refractivity contribution in [2.24, 2.45) is 0 Å². The molecule has 0 fully saturated rings. The minimum atomic E-state index is 0.582. The summed E-state index contributed by atoms with van der Waals surface area (Å²) in [6, 6.07) is 58.3. The van der Waals surface area contributed by atoms with Gasteiger partial charge in [-0.05, 0) is 62.6 Å². The Kier molecular flexibility index (Phi) is 5.93. The topological polar surface area (TPSA) is 48.5 Å². The molecule has 0 atom stereocenters. The molecule has 4 heterocycles. The van der Waals surface area contributed by atoms with E-state index in [0.717, 1.165) is 38.8 Å². The second-order valence-corrected chi connectivity index (χ2v) is 14.7. The fourth-order valence-corrected chi connectivity index (χ4v) is 9.50. The number of benzene rings is 8. The molecule has 0 radical (unpaired) electrons. The maximum Gasteiger partial charge on any atom is 0.239 e. The van der Waals surface area contributed by atoms with Crippen LogP contribution in [0.1, 0.15) is 0 Å². The average molecular weight is 694 g/mol. The van der Waals surface area contributed by atoms with E-state index in [2.05, 4.69) is 173 Å². The predicted molar refractivity (Wildman–Crippen MR) is 219 cm³/mol. The molecule has 0 spiro atoms. The van der Waals surface area contributed by atoms with Crippen molar-refractivity contribution < 1.29 is 0 Å². The highest BCUT2D eigenvalue weighted by Crippen LogP contribution is 2.49. The molecule has 5 nitrogen and oxygen atoms in total. The Bertz CT molecular complexity index is 3330. The van der Waals surface area contributed by atoms with Gasteiger partial charge < -0.3 is 0 Å². The van der Waals surface area contributed by atoms with Crippen LogP contribution in [-0.4, -0.2) is 24.1 Å². The number of para-hydroxylation sites is 3. The molecular weight excluding hydrogens is 667 g/mol. The summed E-state index contributed by atoms with van der Waals surface area (Å²) in [5.74, 6) is 1.85. The fraction of sp³-hybridized carbons (Fsp3) is 0. The highest BCUT2D eigenvalue weighted by Gasteiger charge is 2.29. The van der Waals surface area contributed by atoms with Crippen molar-refractivity contribution in [2.75, 3.05) is 0 Å². The van der Waals surface area contributed by atoms with Gasteiger partial charge in [-0.25, -0.2) is 4.98 Å². The largest absolute Gasteiger partial charge is 0.293 e. The van der Waals surface area contributed by atoms with Crippen LogP contribution in [0.4, 0.5) is 0 Å². The summed E-state index contributed by atoms with van der Waals surface area (Å²) in [7, 11) is 0. The lowest BCUT2D eigenvalue weighted by atomic mass is 10.00. The number of hydrogen-bond acceptors (Lipinski definition) is 4. The Labute approximate surface area is 307 Å². The molecule has 11 aromatic rings. The van der Waals surface area contributed by atoms with Gasteiger partial charge in [0.2, 0.25) is 5.95 Å². The number of aromatic nitrogens is 5. The van der Waals surface area contributed by atoms with E-state index in [1.165, 1.54) is 53.0 Å². The molecule has 246 valence electrons. The standard InChI is InChI=1S/C47H27N5S/c1-3-14-32-28(11-1)13-9-17-34(32)45-48-44(31-26-25-30-24-23-29-12-2-4-15-33(29)37(30)27-31)49-47(50-45)52-38-19-6-5-16-35(38)42-36-18-10-22-41-43(36)51(46(42)52)39-20-7-8-21-40(39)53-41/h1-27H. The number of nitrogens with zero attached hydrogens (tertiary/aromatic N) is 5. The molecule has 0 bridgehead atoms. The van der Waals surface area contributed by atoms with Crippen LogP contribution in [0.5, 0.6) is 0 Å². The van der Waals surface area contributed by atoms with E-state index in [4.69, 9.17) is 15.0 Å². The normalized spacial score (nSPS) is 12.5. The third-order valence-electron chi connectivity index (χ3n) is 10.7. The van der Waals surface area contributed by atoms with Crippen LogP contribution >= 0.6 is 11.8 Å². The predicted octanol–water partition coefficient (Wildman–Crippen LogP) is 12.2. The van der Waals surface area contributed by atoms with Crippen molar-refractivity contribution in [2.45, 2.75) is 9.79 Å². The number of fused-ring (bicyclic) bond motifs is 11. The first kappa shape index (κ1) is 28.9. The van der Waals surface area contributed by atoms with E-state index in [0.29, 0.717) is 17.6 Å². The zero-order valence-corrected chi connectivity index (χ0v) is 29.0. The third-order valence-corrected chi connectivity index (χ3v) is 11.9. The van der Waals surface area contributed by atoms with Crippen LogP contribution in [0.3, 0.4) is 0 Å². The lowest BCUT2D eigenvalue weighted by molar-refractivity contribution is 0.927. The molecule has 0 N–H and O–H groups in total. The zero-order chi connectivity index (χ0) is 34.6. The van der Waals surface area contributed by atoms with E-state index >= 15 is 0 Å². The van der Waals surface area contributed by atoms with E-state index < -0.39 is 0 Å². The smallest absolute Gasteiger partial charge is 0.239 e. The summed E-state index contributed by atoms with van der Waals surface area (Å²) in [5.41, 5.74) is 6.38. The molecule has 0 unspecified atom stereocenters. The molecule has 1 aliphatic rings. The fourth-order valence-electron chi connectivity index (χ4n) is 8.41. The third kappa shape index (κ3) is 4.12. The quantitative estimate of drug-likeness (QED) is 0.173. The van der Waals surface area contributed by atoms with Gasteiger partial charge in [-0.1, -0.05) is 145 Å². The van der Waals surface area contributed by atoms with Gasteiger partial charge in [0.1, 0.15) is 5.65 Å². The maximum atomic E-state index is 5.40. The maximum absolute atomic E-state index is 5.40. The van der Waals surface area contributed by atoms with Gasteiger partial charge in [0.25, 0.3) is 0 Å². The van der Waals surface area contributed by atoms with Gasteiger partial charge in [0.05, 0.1) is 16.7 Å². The minimum Gasteiger partial charge on any atom is -0.293 e. The van der Waals surface area contributed by atoms with Crippen molar-refractivity contribution in [1.82, 2.24) is 24.1 Å². The minimum absolute atomic E-state index is 0.582. The Morgan fingerprint density at radius 1 is 0.434 bits per heavy atom. The van der Waals surface area contributed by atoms with Crippen molar-refractivity contribution in [3.63, 3.8) is 0 Å². The summed E-state index contributed by atoms with van der Waals surface area (Å²) >= 11 is 1.83. The summed E-state index contributed by atoms with van der Waals surface area (Å²) in [6.07, 6.45) is 0. The molecule has 1 aliphatic heterocycles. The first-order valence-electron chi connectivity index (χ1n) is 17.8. The molecule has 0 saturated carbocycles. The molecule has 53 heavy (non-hydrogen) atoms. The van der Waals surface area contributed by atoms with Crippen LogP contribution in [0, 0.1) is 0 Å². The first-order valence-corrected chi connectivity index (χ1v) is 18.6. The van der Waals surface area contributed by atoms with Crippen molar-refractivity contribution in [3.05, 3.63) is 164 Å². The molecule has 0 amide bonds. The van der Waals surface area contributed by atoms with Crippen LogP contribution in [0.15, 0.2) is 174 Å². The lowest BCUT2D eigenvalue weighted by Gasteiger charge is -2.20. The molecule has 0 aliphatic carbocycles. The van der Waals surface area contributed by atoms with Crippen LogP contribution in [0.25, 0.3) is 99.6 Å². The summed E-state index contributed by atoms with van der Waals surface area (Å²) in [5, 5.41) is 10.6. The Morgan fingerprint density at radius 2 is 1.08 bits per heavy atom. The van der Waals surface area contributed by atoms with Crippen molar-refractivity contribution >= 4 is 76.9 Å². The van der Waals surface area contributed by atoms with E-state index in [1.807, 2.05) is 11.8 Å². The number of rotatable bonds is 3. The highest BCUT2D eigenvalue weighted by molar-refractivity contribution is 7.99. The van der Waals surface area contributed by atoms with Gasteiger partial charge in [-0.2, -0.15) is 9.97 Å². The van der Waals surface area contributed by atoms with Gasteiger partial charge in [0.15, 0.2) is 11.6 Å².